The lowest BCUT2D eigenvalue weighted by Gasteiger charge is -2.26. The molecular weight excluding hydrogens is 406 g/mol. The summed E-state index contributed by atoms with van der Waals surface area (Å²) in [6, 6.07) is 25.9. The minimum Gasteiger partial charge on any atom is -0.506 e. The van der Waals surface area contributed by atoms with Crippen molar-refractivity contribution in [2.45, 2.75) is 20.8 Å². The van der Waals surface area contributed by atoms with Crippen LogP contribution in [0.3, 0.4) is 0 Å². The molecule has 4 aromatic rings. The number of aliphatic hydroxyl groups excluding tert-OH is 1. The highest BCUT2D eigenvalue weighted by molar-refractivity contribution is 6.43. The lowest BCUT2D eigenvalue weighted by atomic mass is 9.76. The number of benzene rings is 3. The Morgan fingerprint density at radius 3 is 2.18 bits per heavy atom. The van der Waals surface area contributed by atoms with Gasteiger partial charge in [-0.2, -0.15) is 0 Å². The zero-order chi connectivity index (χ0) is 23.3. The SMILES string of the molecule is C=C(C)/C(=C1/C(=O)C(c2c(C)n(-c3ccccc3)c3ccccc23)=C1O)c1ccccc1C. The van der Waals surface area contributed by atoms with Crippen LogP contribution >= 0.6 is 0 Å². The van der Waals surface area contributed by atoms with E-state index >= 15 is 0 Å². The number of Topliss-reactive ketones (excluding diaryl/α,β-unsaturated/α-hetero) is 1. The summed E-state index contributed by atoms with van der Waals surface area (Å²) < 4.78 is 2.14. The van der Waals surface area contributed by atoms with E-state index in [1.165, 1.54) is 0 Å². The van der Waals surface area contributed by atoms with E-state index in [0.717, 1.165) is 44.5 Å². The summed E-state index contributed by atoms with van der Waals surface area (Å²) in [5.41, 5.74) is 7.87. The molecule has 0 aliphatic heterocycles. The zero-order valence-corrected chi connectivity index (χ0v) is 19.0. The third-order valence-corrected chi connectivity index (χ3v) is 6.39. The fourth-order valence-corrected chi connectivity index (χ4v) is 4.89. The van der Waals surface area contributed by atoms with Crippen LogP contribution in [0.25, 0.3) is 27.7 Å². The average molecular weight is 432 g/mol. The summed E-state index contributed by atoms with van der Waals surface area (Å²) in [7, 11) is 0. The van der Waals surface area contributed by atoms with Crippen molar-refractivity contribution in [2.24, 2.45) is 0 Å². The number of nitrogens with zero attached hydrogens (tertiary/aromatic N) is 1. The van der Waals surface area contributed by atoms with E-state index in [0.29, 0.717) is 16.7 Å². The van der Waals surface area contributed by atoms with Crippen molar-refractivity contribution < 1.29 is 9.90 Å². The van der Waals surface area contributed by atoms with E-state index in [4.69, 9.17) is 0 Å². The smallest absolute Gasteiger partial charge is 0.201 e. The number of hydrogen-bond donors (Lipinski definition) is 1. The van der Waals surface area contributed by atoms with Gasteiger partial charge in [0, 0.05) is 22.3 Å². The Hall–Kier alpha value is -4.11. The van der Waals surface area contributed by atoms with Crippen LogP contribution in [0.15, 0.2) is 102 Å². The number of fused-ring (bicyclic) bond motifs is 1. The number of rotatable bonds is 4. The van der Waals surface area contributed by atoms with Gasteiger partial charge in [-0.1, -0.05) is 67.2 Å². The quantitative estimate of drug-likeness (QED) is 0.349. The zero-order valence-electron chi connectivity index (χ0n) is 19.0. The standard InChI is InChI=1S/C30H25NO2/c1-18(2)25(22-15-9-8-12-19(22)3)27-29(32)28(30(27)33)26-20(4)31(21-13-6-5-7-14-21)24-17-11-10-16-23(24)26/h5-17,32H,1H2,2-4H3/b27-25-. The minimum absolute atomic E-state index is 0.0420. The lowest BCUT2D eigenvalue weighted by Crippen LogP contribution is -2.23. The highest BCUT2D eigenvalue weighted by Gasteiger charge is 2.40. The third-order valence-electron chi connectivity index (χ3n) is 6.39. The van der Waals surface area contributed by atoms with Crippen molar-refractivity contribution in [3.8, 4) is 5.69 Å². The summed E-state index contributed by atoms with van der Waals surface area (Å²) >= 11 is 0. The second-order valence-electron chi connectivity index (χ2n) is 8.55. The van der Waals surface area contributed by atoms with E-state index in [-0.39, 0.29) is 11.5 Å². The van der Waals surface area contributed by atoms with Gasteiger partial charge in [0.05, 0.1) is 16.7 Å². The second kappa shape index (κ2) is 7.79. The monoisotopic (exact) mass is 431 g/mol. The Bertz CT molecular complexity index is 1510. The molecule has 3 aromatic carbocycles. The predicted octanol–water partition coefficient (Wildman–Crippen LogP) is 7.13. The second-order valence-corrected chi connectivity index (χ2v) is 8.55. The topological polar surface area (TPSA) is 42.2 Å². The van der Waals surface area contributed by atoms with Crippen molar-refractivity contribution in [1.82, 2.24) is 4.57 Å². The van der Waals surface area contributed by atoms with Gasteiger partial charge in [-0.05, 0) is 61.2 Å². The van der Waals surface area contributed by atoms with Crippen LogP contribution in [-0.2, 0) is 4.79 Å². The van der Waals surface area contributed by atoms with E-state index in [1.807, 2.05) is 99.6 Å². The number of aromatic nitrogens is 1. The molecule has 1 heterocycles. The summed E-state index contributed by atoms with van der Waals surface area (Å²) in [6.07, 6.45) is 0. The van der Waals surface area contributed by atoms with Gasteiger partial charge in [0.2, 0.25) is 5.78 Å². The number of allylic oxidation sites excluding steroid dienone is 4. The normalized spacial score (nSPS) is 15.1. The van der Waals surface area contributed by atoms with Crippen molar-refractivity contribution in [3.05, 3.63) is 125 Å². The number of carbonyl (C=O) groups is 1. The first kappa shape index (κ1) is 20.8. The van der Waals surface area contributed by atoms with Crippen LogP contribution in [0, 0.1) is 13.8 Å². The van der Waals surface area contributed by atoms with Crippen molar-refractivity contribution >= 4 is 27.8 Å². The van der Waals surface area contributed by atoms with Gasteiger partial charge in [0.1, 0.15) is 5.76 Å². The fourth-order valence-electron chi connectivity index (χ4n) is 4.89. The molecule has 0 saturated heterocycles. The molecule has 1 aliphatic carbocycles. The number of aliphatic hydroxyl groups is 1. The Morgan fingerprint density at radius 1 is 0.879 bits per heavy atom. The number of para-hydroxylation sites is 2. The molecule has 162 valence electrons. The van der Waals surface area contributed by atoms with Crippen LogP contribution in [0.5, 0.6) is 0 Å². The minimum atomic E-state index is -0.146. The van der Waals surface area contributed by atoms with E-state index < -0.39 is 0 Å². The molecule has 5 rings (SSSR count). The molecule has 0 unspecified atom stereocenters. The van der Waals surface area contributed by atoms with Crippen molar-refractivity contribution in [2.75, 3.05) is 0 Å². The average Bonchev–Trinajstić information content (AvgIpc) is 3.10. The molecule has 0 amide bonds. The van der Waals surface area contributed by atoms with Crippen molar-refractivity contribution in [3.63, 3.8) is 0 Å². The molecule has 33 heavy (non-hydrogen) atoms. The Balaban J connectivity index is 1.79. The predicted molar refractivity (Wildman–Crippen MR) is 135 cm³/mol. The summed E-state index contributed by atoms with van der Waals surface area (Å²) in [5, 5.41) is 12.2. The Morgan fingerprint density at radius 2 is 1.52 bits per heavy atom. The molecule has 0 radical (unpaired) electrons. The van der Waals surface area contributed by atoms with E-state index in [1.54, 1.807) is 0 Å². The largest absolute Gasteiger partial charge is 0.506 e. The first-order valence-corrected chi connectivity index (χ1v) is 11.0. The molecule has 0 bridgehead atoms. The van der Waals surface area contributed by atoms with Gasteiger partial charge >= 0.3 is 0 Å². The molecule has 0 spiro atoms. The van der Waals surface area contributed by atoms with Gasteiger partial charge < -0.3 is 9.67 Å². The molecule has 1 N–H and O–H groups in total. The third kappa shape index (κ3) is 3.08. The maximum atomic E-state index is 13.6. The van der Waals surface area contributed by atoms with Crippen LogP contribution in [-0.4, -0.2) is 15.5 Å². The molecule has 0 atom stereocenters. The fraction of sp³-hybridized carbons (Fsp3) is 0.100. The Kier molecular flexibility index (Phi) is 4.90. The molecular formula is C30H25NO2. The van der Waals surface area contributed by atoms with Crippen LogP contribution in [0.4, 0.5) is 0 Å². The molecule has 1 aliphatic rings. The maximum Gasteiger partial charge on any atom is 0.201 e. The Labute approximate surface area is 193 Å². The van der Waals surface area contributed by atoms with E-state index in [2.05, 4.69) is 11.1 Å². The first-order chi connectivity index (χ1) is 15.9. The van der Waals surface area contributed by atoms with Crippen LogP contribution in [0.1, 0.15) is 29.3 Å². The molecule has 1 aromatic heterocycles. The number of carbonyl (C=O) groups excluding carboxylic acids is 1. The summed E-state index contributed by atoms with van der Waals surface area (Å²) in [5.74, 6) is -0.104. The summed E-state index contributed by atoms with van der Waals surface area (Å²) in [4.78, 5) is 13.6. The lowest BCUT2D eigenvalue weighted by molar-refractivity contribution is -0.111. The van der Waals surface area contributed by atoms with Crippen LogP contribution < -0.4 is 0 Å². The highest BCUT2D eigenvalue weighted by Crippen LogP contribution is 2.46. The van der Waals surface area contributed by atoms with E-state index in [9.17, 15) is 9.90 Å². The summed E-state index contributed by atoms with van der Waals surface area (Å²) in [6.45, 7) is 9.98. The number of aryl methyl sites for hydroxylation is 1. The molecule has 3 nitrogen and oxygen atoms in total. The molecule has 3 heteroatoms. The van der Waals surface area contributed by atoms with Gasteiger partial charge in [0.15, 0.2) is 0 Å². The molecule has 0 saturated carbocycles. The molecule has 0 fully saturated rings. The highest BCUT2D eigenvalue weighted by atomic mass is 16.3. The maximum absolute atomic E-state index is 13.6. The van der Waals surface area contributed by atoms with Gasteiger partial charge in [-0.25, -0.2) is 0 Å². The van der Waals surface area contributed by atoms with Crippen LogP contribution in [0.2, 0.25) is 0 Å². The van der Waals surface area contributed by atoms with Gasteiger partial charge in [-0.3, -0.25) is 4.79 Å². The number of ketones is 1. The van der Waals surface area contributed by atoms with Gasteiger partial charge in [0.25, 0.3) is 0 Å². The first-order valence-electron chi connectivity index (χ1n) is 11.0. The van der Waals surface area contributed by atoms with Gasteiger partial charge in [-0.15, -0.1) is 0 Å². The van der Waals surface area contributed by atoms with Crippen molar-refractivity contribution in [1.29, 1.82) is 0 Å². The number of hydrogen-bond acceptors (Lipinski definition) is 2.